The average Bonchev–Trinajstić information content (AvgIpc) is 2.33. The Morgan fingerprint density at radius 2 is 1.80 bits per heavy atom. The Balaban J connectivity index is 2.60. The van der Waals surface area contributed by atoms with Crippen molar-refractivity contribution < 1.29 is 14.3 Å². The van der Waals surface area contributed by atoms with E-state index < -0.39 is 5.60 Å². The highest BCUT2D eigenvalue weighted by Gasteiger charge is 2.17. The largest absolute Gasteiger partial charge is 0.456 e. The molecule has 0 fully saturated rings. The van der Waals surface area contributed by atoms with Gasteiger partial charge in [-0.2, -0.15) is 0 Å². The molecule has 0 unspecified atom stereocenters. The summed E-state index contributed by atoms with van der Waals surface area (Å²) in [6.07, 6.45) is 3.85. The Kier molecular flexibility index (Phi) is 6.02. The van der Waals surface area contributed by atoms with Crippen LogP contribution in [-0.2, 0) is 9.53 Å². The first-order valence-corrected chi connectivity index (χ1v) is 7.40. The van der Waals surface area contributed by atoms with E-state index >= 15 is 0 Å². The van der Waals surface area contributed by atoms with Gasteiger partial charge in [0.05, 0.1) is 5.56 Å². The number of carbonyl (C=O) groups excluding carboxylic acids is 2. The zero-order chi connectivity index (χ0) is 15.2. The number of carbonyl (C=O) groups is 2. The molecule has 4 heteroatoms. The number of hydrogen-bond donors (Lipinski definition) is 0. The third-order valence-electron chi connectivity index (χ3n) is 2.24. The lowest BCUT2D eigenvalue weighted by molar-refractivity contribution is -0.109. The molecule has 0 aliphatic rings. The van der Waals surface area contributed by atoms with Gasteiger partial charge in [0.2, 0.25) is 0 Å². The van der Waals surface area contributed by atoms with Gasteiger partial charge < -0.3 is 4.74 Å². The maximum atomic E-state index is 11.8. The van der Waals surface area contributed by atoms with Gasteiger partial charge >= 0.3 is 5.97 Å². The molecule has 0 amide bonds. The Labute approximate surface area is 124 Å². The van der Waals surface area contributed by atoms with Crippen LogP contribution in [0, 0.1) is 0 Å². The van der Waals surface area contributed by atoms with Gasteiger partial charge in [-0.3, -0.25) is 4.79 Å². The van der Waals surface area contributed by atoms with Gasteiger partial charge in [0.15, 0.2) is 5.12 Å². The average molecular weight is 292 g/mol. The van der Waals surface area contributed by atoms with Crippen molar-refractivity contribution >= 4 is 28.9 Å². The minimum absolute atomic E-state index is 0.106. The molecule has 0 N–H and O–H groups in total. The fraction of sp³-hybridized carbons (Fsp3) is 0.375. The standard InChI is InChI=1S/C16H20O3S/c1-12(17)20-11-5-6-13-7-9-14(10-8-13)15(18)19-16(2,3)4/h5-10H,11H2,1-4H3. The van der Waals surface area contributed by atoms with Gasteiger partial charge in [-0.05, 0) is 38.5 Å². The van der Waals surface area contributed by atoms with Gasteiger partial charge in [-0.15, -0.1) is 0 Å². The summed E-state index contributed by atoms with van der Waals surface area (Å²) in [5.74, 6) is 0.337. The van der Waals surface area contributed by atoms with Crippen LogP contribution in [0.1, 0.15) is 43.6 Å². The number of benzene rings is 1. The van der Waals surface area contributed by atoms with Gasteiger partial charge in [0, 0.05) is 12.7 Å². The van der Waals surface area contributed by atoms with E-state index in [1.54, 1.807) is 19.1 Å². The van der Waals surface area contributed by atoms with E-state index in [1.807, 2.05) is 45.1 Å². The van der Waals surface area contributed by atoms with E-state index in [2.05, 4.69) is 0 Å². The number of ether oxygens (including phenoxy) is 1. The molecule has 0 saturated carbocycles. The molecular weight excluding hydrogens is 272 g/mol. The minimum atomic E-state index is -0.487. The Morgan fingerprint density at radius 1 is 1.20 bits per heavy atom. The summed E-state index contributed by atoms with van der Waals surface area (Å²) < 4.78 is 5.29. The third-order valence-corrected chi connectivity index (χ3v) is 3.00. The van der Waals surface area contributed by atoms with E-state index in [0.717, 1.165) is 5.56 Å². The molecule has 0 atom stereocenters. The second-order valence-corrected chi connectivity index (χ2v) is 6.53. The molecule has 0 bridgehead atoms. The first-order valence-electron chi connectivity index (χ1n) is 6.41. The van der Waals surface area contributed by atoms with Crippen molar-refractivity contribution in [3.05, 3.63) is 41.5 Å². The molecule has 0 aliphatic carbocycles. The van der Waals surface area contributed by atoms with Crippen molar-refractivity contribution in [1.82, 2.24) is 0 Å². The monoisotopic (exact) mass is 292 g/mol. The summed E-state index contributed by atoms with van der Waals surface area (Å²) in [6.45, 7) is 7.08. The number of rotatable bonds is 4. The van der Waals surface area contributed by atoms with Crippen molar-refractivity contribution in [3.63, 3.8) is 0 Å². The lowest BCUT2D eigenvalue weighted by Crippen LogP contribution is -2.23. The second-order valence-electron chi connectivity index (χ2n) is 5.33. The Hall–Kier alpha value is -1.55. The SMILES string of the molecule is CC(=O)SCC=Cc1ccc(C(=O)OC(C)(C)C)cc1. The maximum Gasteiger partial charge on any atom is 0.338 e. The lowest BCUT2D eigenvalue weighted by atomic mass is 10.1. The van der Waals surface area contributed by atoms with Crippen LogP contribution in [0.4, 0.5) is 0 Å². The van der Waals surface area contributed by atoms with Gasteiger partial charge in [0.25, 0.3) is 0 Å². The van der Waals surface area contributed by atoms with Crippen molar-refractivity contribution in [1.29, 1.82) is 0 Å². The van der Waals surface area contributed by atoms with E-state index in [1.165, 1.54) is 11.8 Å². The van der Waals surface area contributed by atoms with Gasteiger partial charge in [0.1, 0.15) is 5.60 Å². The number of esters is 1. The van der Waals surface area contributed by atoms with Crippen molar-refractivity contribution in [3.8, 4) is 0 Å². The van der Waals surface area contributed by atoms with Gasteiger partial charge in [-0.25, -0.2) is 4.79 Å². The molecular formula is C16H20O3S. The van der Waals surface area contributed by atoms with Crippen LogP contribution in [0.2, 0.25) is 0 Å². The lowest BCUT2D eigenvalue weighted by Gasteiger charge is -2.19. The molecule has 3 nitrogen and oxygen atoms in total. The van der Waals surface area contributed by atoms with E-state index in [0.29, 0.717) is 11.3 Å². The molecule has 0 spiro atoms. The summed E-state index contributed by atoms with van der Waals surface area (Å²) in [6, 6.07) is 7.19. The summed E-state index contributed by atoms with van der Waals surface area (Å²) in [4.78, 5) is 22.6. The molecule has 1 aromatic rings. The van der Waals surface area contributed by atoms with Crippen LogP contribution in [0.25, 0.3) is 6.08 Å². The predicted octanol–water partition coefficient (Wildman–Crippen LogP) is 3.93. The number of thioether (sulfide) groups is 1. The molecule has 0 radical (unpaired) electrons. The van der Waals surface area contributed by atoms with Crippen molar-refractivity contribution in [2.24, 2.45) is 0 Å². The summed E-state index contributed by atoms with van der Waals surface area (Å²) >= 11 is 1.27. The molecule has 0 aromatic heterocycles. The normalized spacial score (nSPS) is 11.6. The first-order chi connectivity index (χ1) is 9.28. The molecule has 108 valence electrons. The zero-order valence-corrected chi connectivity index (χ0v) is 13.1. The van der Waals surface area contributed by atoms with Crippen molar-refractivity contribution in [2.75, 3.05) is 5.75 Å². The highest BCUT2D eigenvalue weighted by molar-refractivity contribution is 8.13. The van der Waals surface area contributed by atoms with Crippen LogP contribution < -0.4 is 0 Å². The van der Waals surface area contributed by atoms with Gasteiger partial charge in [-0.1, -0.05) is 36.0 Å². The quantitative estimate of drug-likeness (QED) is 0.789. The molecule has 0 heterocycles. The van der Waals surface area contributed by atoms with E-state index in [4.69, 9.17) is 4.74 Å². The van der Waals surface area contributed by atoms with Crippen LogP contribution in [0.15, 0.2) is 30.3 Å². The van der Waals surface area contributed by atoms with E-state index in [9.17, 15) is 9.59 Å². The summed E-state index contributed by atoms with van der Waals surface area (Å²) in [5, 5.41) is 0.106. The first kappa shape index (κ1) is 16.5. The van der Waals surface area contributed by atoms with E-state index in [-0.39, 0.29) is 11.1 Å². The second kappa shape index (κ2) is 7.29. The smallest absolute Gasteiger partial charge is 0.338 e. The molecule has 0 saturated heterocycles. The predicted molar refractivity (Wildman–Crippen MR) is 83.8 cm³/mol. The Morgan fingerprint density at radius 3 is 2.30 bits per heavy atom. The number of hydrogen-bond acceptors (Lipinski definition) is 4. The van der Waals surface area contributed by atoms with Crippen LogP contribution in [0.3, 0.4) is 0 Å². The summed E-state index contributed by atoms with van der Waals surface area (Å²) in [5.41, 5.74) is 1.04. The van der Waals surface area contributed by atoms with Crippen molar-refractivity contribution in [2.45, 2.75) is 33.3 Å². The van der Waals surface area contributed by atoms with Crippen LogP contribution in [-0.4, -0.2) is 22.4 Å². The molecule has 0 aliphatic heterocycles. The maximum absolute atomic E-state index is 11.8. The Bertz CT molecular complexity index is 495. The van der Waals surface area contributed by atoms with Crippen LogP contribution in [0.5, 0.6) is 0 Å². The summed E-state index contributed by atoms with van der Waals surface area (Å²) in [7, 11) is 0. The van der Waals surface area contributed by atoms with Crippen LogP contribution >= 0.6 is 11.8 Å². The fourth-order valence-corrected chi connectivity index (χ4v) is 1.84. The third kappa shape index (κ3) is 6.57. The minimum Gasteiger partial charge on any atom is -0.456 e. The molecule has 1 rings (SSSR count). The fourth-order valence-electron chi connectivity index (χ4n) is 1.42. The zero-order valence-electron chi connectivity index (χ0n) is 12.3. The topological polar surface area (TPSA) is 43.4 Å². The molecule has 20 heavy (non-hydrogen) atoms. The highest BCUT2D eigenvalue weighted by atomic mass is 32.2. The highest BCUT2D eigenvalue weighted by Crippen LogP contribution is 2.13. The molecule has 1 aromatic carbocycles.